The molecule has 6 heteroatoms. The van der Waals surface area contributed by atoms with E-state index in [9.17, 15) is 9.59 Å². The molecule has 1 saturated carbocycles. The third kappa shape index (κ3) is 4.11. The minimum atomic E-state index is -0.776. The smallest absolute Gasteiger partial charge is 0.319 e. The molecule has 0 aromatic heterocycles. The van der Waals surface area contributed by atoms with E-state index in [0.717, 1.165) is 18.4 Å². The number of aliphatic carboxylic acids is 1. The molecule has 0 aliphatic heterocycles. The molecule has 21 heavy (non-hydrogen) atoms. The number of urea groups is 1. The number of nitrogens with one attached hydrogen (secondary N) is 2. The summed E-state index contributed by atoms with van der Waals surface area (Å²) < 4.78 is 0. The zero-order chi connectivity index (χ0) is 15.4. The highest BCUT2D eigenvalue weighted by atomic mass is 35.5. The van der Waals surface area contributed by atoms with Crippen molar-refractivity contribution in [1.82, 2.24) is 5.32 Å². The van der Waals surface area contributed by atoms with Crippen LogP contribution in [-0.4, -0.2) is 23.7 Å². The van der Waals surface area contributed by atoms with Crippen molar-refractivity contribution in [2.75, 3.05) is 11.9 Å². The van der Waals surface area contributed by atoms with Gasteiger partial charge in [0.2, 0.25) is 0 Å². The highest BCUT2D eigenvalue weighted by Crippen LogP contribution is 2.31. The lowest BCUT2D eigenvalue weighted by Gasteiger charge is -2.17. The molecule has 2 rings (SSSR count). The van der Waals surface area contributed by atoms with Crippen LogP contribution in [0, 0.1) is 18.8 Å². The Balaban J connectivity index is 1.87. The molecular weight excluding hydrogens is 292 g/mol. The maximum atomic E-state index is 11.9. The van der Waals surface area contributed by atoms with E-state index in [1.54, 1.807) is 12.1 Å². The molecule has 2 amide bonds. The average molecular weight is 311 g/mol. The monoisotopic (exact) mass is 310 g/mol. The molecule has 1 aliphatic rings. The zero-order valence-electron chi connectivity index (χ0n) is 11.9. The molecule has 0 bridgehead atoms. The Morgan fingerprint density at radius 2 is 2.14 bits per heavy atom. The molecule has 0 radical (unpaired) electrons. The summed E-state index contributed by atoms with van der Waals surface area (Å²) >= 11 is 6.01. The molecule has 0 heterocycles. The third-order valence-corrected chi connectivity index (χ3v) is 4.20. The predicted octanol–water partition coefficient (Wildman–Crippen LogP) is 3.27. The van der Waals surface area contributed by atoms with Gasteiger partial charge in [-0.1, -0.05) is 24.1 Å². The van der Waals surface area contributed by atoms with E-state index in [1.165, 1.54) is 0 Å². The van der Waals surface area contributed by atoms with Gasteiger partial charge in [0, 0.05) is 6.54 Å². The van der Waals surface area contributed by atoms with Crippen molar-refractivity contribution in [1.29, 1.82) is 0 Å². The molecule has 1 aromatic rings. The SMILES string of the molecule is Cc1ccc(Cl)c(NC(=O)NCC2CCCC2C(=O)O)c1. The zero-order valence-corrected chi connectivity index (χ0v) is 12.6. The lowest BCUT2D eigenvalue weighted by atomic mass is 9.96. The number of rotatable bonds is 4. The van der Waals surface area contributed by atoms with Gasteiger partial charge in [0.05, 0.1) is 16.6 Å². The number of aryl methyl sites for hydroxylation is 1. The third-order valence-electron chi connectivity index (χ3n) is 3.87. The summed E-state index contributed by atoms with van der Waals surface area (Å²) in [4.78, 5) is 23.0. The molecule has 114 valence electrons. The number of carboxylic acids is 1. The van der Waals surface area contributed by atoms with Crippen LogP contribution in [0.25, 0.3) is 0 Å². The maximum Gasteiger partial charge on any atom is 0.319 e. The Labute approximate surface area is 128 Å². The van der Waals surface area contributed by atoms with Crippen LogP contribution in [0.15, 0.2) is 18.2 Å². The highest BCUT2D eigenvalue weighted by molar-refractivity contribution is 6.33. The largest absolute Gasteiger partial charge is 0.481 e. The van der Waals surface area contributed by atoms with Gasteiger partial charge >= 0.3 is 12.0 Å². The Kier molecular flexibility index (Phi) is 5.07. The topological polar surface area (TPSA) is 78.4 Å². The van der Waals surface area contributed by atoms with Gasteiger partial charge in [0.15, 0.2) is 0 Å². The number of hydrogen-bond acceptors (Lipinski definition) is 2. The first-order chi connectivity index (χ1) is 9.97. The van der Waals surface area contributed by atoms with Crippen LogP contribution in [0.1, 0.15) is 24.8 Å². The molecule has 2 atom stereocenters. The minimum Gasteiger partial charge on any atom is -0.481 e. The fourth-order valence-electron chi connectivity index (χ4n) is 2.73. The number of amides is 2. The lowest BCUT2D eigenvalue weighted by Crippen LogP contribution is -2.35. The van der Waals surface area contributed by atoms with E-state index in [2.05, 4.69) is 10.6 Å². The van der Waals surface area contributed by atoms with Gasteiger partial charge in [-0.15, -0.1) is 0 Å². The second-order valence-corrected chi connectivity index (χ2v) is 5.86. The van der Waals surface area contributed by atoms with Gasteiger partial charge in [-0.3, -0.25) is 4.79 Å². The first kappa shape index (κ1) is 15.6. The molecule has 5 nitrogen and oxygen atoms in total. The second kappa shape index (κ2) is 6.80. The van der Waals surface area contributed by atoms with Crippen LogP contribution < -0.4 is 10.6 Å². The molecule has 1 aliphatic carbocycles. The minimum absolute atomic E-state index is 0.00114. The van der Waals surface area contributed by atoms with Crippen molar-refractivity contribution in [2.24, 2.45) is 11.8 Å². The molecule has 0 saturated heterocycles. The summed E-state index contributed by atoms with van der Waals surface area (Å²) in [5.74, 6) is -1.13. The summed E-state index contributed by atoms with van der Waals surface area (Å²) in [6.45, 7) is 2.28. The predicted molar refractivity (Wildman–Crippen MR) is 81.7 cm³/mol. The lowest BCUT2D eigenvalue weighted by molar-refractivity contribution is -0.142. The second-order valence-electron chi connectivity index (χ2n) is 5.45. The Morgan fingerprint density at radius 1 is 1.38 bits per heavy atom. The van der Waals surface area contributed by atoms with Crippen molar-refractivity contribution in [3.63, 3.8) is 0 Å². The van der Waals surface area contributed by atoms with Crippen molar-refractivity contribution in [2.45, 2.75) is 26.2 Å². The number of benzene rings is 1. The van der Waals surface area contributed by atoms with Gasteiger partial charge in [-0.05, 0) is 43.4 Å². The number of carbonyl (C=O) groups excluding carboxylic acids is 1. The number of hydrogen-bond donors (Lipinski definition) is 3. The quantitative estimate of drug-likeness (QED) is 0.798. The van der Waals surface area contributed by atoms with Gasteiger partial charge in [0.1, 0.15) is 0 Å². The van der Waals surface area contributed by atoms with Crippen LogP contribution in [0.2, 0.25) is 5.02 Å². The van der Waals surface area contributed by atoms with Crippen LogP contribution >= 0.6 is 11.6 Å². The summed E-state index contributed by atoms with van der Waals surface area (Å²) in [5.41, 5.74) is 1.55. The normalized spacial score (nSPS) is 21.0. The summed E-state index contributed by atoms with van der Waals surface area (Å²) in [7, 11) is 0. The van der Waals surface area contributed by atoms with E-state index in [1.807, 2.05) is 13.0 Å². The number of carbonyl (C=O) groups is 2. The standard InChI is InChI=1S/C15H19ClN2O3/c1-9-5-6-12(16)13(7-9)18-15(21)17-8-10-3-2-4-11(10)14(19)20/h5-7,10-11H,2-4,8H2,1H3,(H,19,20)(H2,17,18,21). The Hall–Kier alpha value is -1.75. The fourth-order valence-corrected chi connectivity index (χ4v) is 2.90. The van der Waals surface area contributed by atoms with Gasteiger partial charge < -0.3 is 15.7 Å². The summed E-state index contributed by atoms with van der Waals surface area (Å²) in [6, 6.07) is 5.02. The highest BCUT2D eigenvalue weighted by Gasteiger charge is 2.32. The van der Waals surface area contributed by atoms with Gasteiger partial charge in [-0.2, -0.15) is 0 Å². The van der Waals surface area contributed by atoms with Gasteiger partial charge in [-0.25, -0.2) is 4.79 Å². The van der Waals surface area contributed by atoms with Crippen LogP contribution in [0.5, 0.6) is 0 Å². The first-order valence-electron chi connectivity index (χ1n) is 7.01. The summed E-state index contributed by atoms with van der Waals surface area (Å²) in [6.07, 6.45) is 2.42. The van der Waals surface area contributed by atoms with Crippen molar-refractivity contribution < 1.29 is 14.7 Å². The number of halogens is 1. The van der Waals surface area contributed by atoms with E-state index in [-0.39, 0.29) is 17.9 Å². The fraction of sp³-hybridized carbons (Fsp3) is 0.467. The van der Waals surface area contributed by atoms with E-state index in [0.29, 0.717) is 23.7 Å². The summed E-state index contributed by atoms with van der Waals surface area (Å²) in [5, 5.41) is 15.0. The Morgan fingerprint density at radius 3 is 2.86 bits per heavy atom. The number of carboxylic acid groups (broad SMARTS) is 1. The first-order valence-corrected chi connectivity index (χ1v) is 7.39. The van der Waals surface area contributed by atoms with E-state index < -0.39 is 5.97 Å². The molecule has 0 spiro atoms. The maximum absolute atomic E-state index is 11.9. The average Bonchev–Trinajstić information content (AvgIpc) is 2.89. The number of anilines is 1. The molecule has 1 aromatic carbocycles. The van der Waals surface area contributed by atoms with Crippen LogP contribution in [-0.2, 0) is 4.79 Å². The van der Waals surface area contributed by atoms with Crippen molar-refractivity contribution in [3.8, 4) is 0 Å². The van der Waals surface area contributed by atoms with E-state index >= 15 is 0 Å². The molecular formula is C15H19ClN2O3. The molecule has 2 unspecified atom stereocenters. The van der Waals surface area contributed by atoms with Gasteiger partial charge in [0.25, 0.3) is 0 Å². The van der Waals surface area contributed by atoms with Crippen LogP contribution in [0.4, 0.5) is 10.5 Å². The molecule has 3 N–H and O–H groups in total. The van der Waals surface area contributed by atoms with Crippen molar-refractivity contribution in [3.05, 3.63) is 28.8 Å². The van der Waals surface area contributed by atoms with E-state index in [4.69, 9.17) is 16.7 Å². The Bertz CT molecular complexity index is 548. The van der Waals surface area contributed by atoms with Crippen LogP contribution in [0.3, 0.4) is 0 Å². The molecule has 1 fully saturated rings. The van der Waals surface area contributed by atoms with Crippen molar-refractivity contribution >= 4 is 29.3 Å².